The lowest BCUT2D eigenvalue weighted by Gasteiger charge is -2.23. The molecule has 0 unspecified atom stereocenters. The molecule has 2 rings (SSSR count). The molecular formula is C11H18N4. The van der Waals surface area contributed by atoms with Crippen LogP contribution in [0.3, 0.4) is 0 Å². The number of nitrogens with zero attached hydrogens (tertiary/aromatic N) is 2. The Kier molecular flexibility index (Phi) is 3.50. The normalized spacial score (nSPS) is 17.7. The molecule has 1 aliphatic rings. The fourth-order valence-electron chi connectivity index (χ4n) is 1.91. The largest absolute Gasteiger partial charge is 0.368 e. The summed E-state index contributed by atoms with van der Waals surface area (Å²) in [6, 6.07) is 0. The third-order valence-electron chi connectivity index (χ3n) is 2.90. The number of hydrogen-bond acceptors (Lipinski definition) is 4. The third kappa shape index (κ3) is 2.89. The number of rotatable bonds is 3. The first-order chi connectivity index (χ1) is 7.36. The molecule has 0 radical (unpaired) electrons. The minimum absolute atomic E-state index is 0.771. The average Bonchev–Trinajstić information content (AvgIpc) is 2.29. The molecule has 0 bridgehead atoms. The maximum absolute atomic E-state index is 4.27. The number of piperidine rings is 1. The lowest BCUT2D eigenvalue weighted by atomic mass is 9.98. The van der Waals surface area contributed by atoms with Gasteiger partial charge in [0, 0.05) is 18.9 Å². The van der Waals surface area contributed by atoms with Gasteiger partial charge in [-0.25, -0.2) is 4.98 Å². The van der Waals surface area contributed by atoms with Crippen LogP contribution in [-0.2, 0) is 0 Å². The van der Waals surface area contributed by atoms with E-state index in [0.717, 1.165) is 37.1 Å². The van der Waals surface area contributed by atoms with Gasteiger partial charge in [-0.3, -0.25) is 4.98 Å². The van der Waals surface area contributed by atoms with Gasteiger partial charge in [-0.1, -0.05) is 0 Å². The van der Waals surface area contributed by atoms with Gasteiger partial charge in [0.1, 0.15) is 5.82 Å². The van der Waals surface area contributed by atoms with Crippen molar-refractivity contribution in [2.45, 2.75) is 19.8 Å². The van der Waals surface area contributed by atoms with Crippen molar-refractivity contribution in [2.24, 2.45) is 5.92 Å². The molecule has 1 aromatic rings. The Morgan fingerprint density at radius 2 is 2.07 bits per heavy atom. The van der Waals surface area contributed by atoms with Crippen molar-refractivity contribution in [1.29, 1.82) is 0 Å². The lowest BCUT2D eigenvalue weighted by Crippen LogP contribution is -2.31. The molecule has 1 saturated heterocycles. The predicted octanol–water partition coefficient (Wildman–Crippen LogP) is 1.20. The van der Waals surface area contributed by atoms with Crippen LogP contribution < -0.4 is 10.6 Å². The van der Waals surface area contributed by atoms with Crippen molar-refractivity contribution in [1.82, 2.24) is 15.3 Å². The van der Waals surface area contributed by atoms with Gasteiger partial charge in [0.25, 0.3) is 0 Å². The van der Waals surface area contributed by atoms with Gasteiger partial charge in [0.2, 0.25) is 0 Å². The summed E-state index contributed by atoms with van der Waals surface area (Å²) in [5.74, 6) is 1.70. The van der Waals surface area contributed by atoms with Gasteiger partial charge in [0.05, 0.1) is 5.69 Å². The number of nitrogens with one attached hydrogen (secondary N) is 2. The maximum atomic E-state index is 4.27. The van der Waals surface area contributed by atoms with Gasteiger partial charge >= 0.3 is 0 Å². The Morgan fingerprint density at radius 3 is 2.80 bits per heavy atom. The Bertz CT molecular complexity index is 307. The van der Waals surface area contributed by atoms with Crippen molar-refractivity contribution in [3.63, 3.8) is 0 Å². The van der Waals surface area contributed by atoms with Crippen molar-refractivity contribution in [3.05, 3.63) is 18.1 Å². The fourth-order valence-corrected chi connectivity index (χ4v) is 1.91. The van der Waals surface area contributed by atoms with E-state index in [2.05, 4.69) is 20.6 Å². The highest BCUT2D eigenvalue weighted by atomic mass is 15.0. The standard InChI is InChI=1S/C11H18N4/c1-9-11(14-7-6-13-9)15-8-10-2-4-12-5-3-10/h6-7,10,12H,2-5,8H2,1H3,(H,14,15). The van der Waals surface area contributed by atoms with Crippen LogP contribution in [0.15, 0.2) is 12.4 Å². The first-order valence-electron chi connectivity index (χ1n) is 5.58. The molecule has 0 spiro atoms. The van der Waals surface area contributed by atoms with Crippen LogP contribution in [0.25, 0.3) is 0 Å². The highest BCUT2D eigenvalue weighted by molar-refractivity contribution is 5.38. The van der Waals surface area contributed by atoms with E-state index in [0.29, 0.717) is 0 Å². The Morgan fingerprint density at radius 1 is 1.33 bits per heavy atom. The zero-order valence-electron chi connectivity index (χ0n) is 9.16. The molecule has 0 aliphatic carbocycles. The Balaban J connectivity index is 1.84. The zero-order chi connectivity index (χ0) is 10.5. The molecule has 1 aliphatic heterocycles. The quantitative estimate of drug-likeness (QED) is 0.780. The molecule has 0 saturated carbocycles. The van der Waals surface area contributed by atoms with E-state index in [1.54, 1.807) is 12.4 Å². The molecule has 4 nitrogen and oxygen atoms in total. The SMILES string of the molecule is Cc1nccnc1NCC1CCNCC1. The average molecular weight is 206 g/mol. The van der Waals surface area contributed by atoms with Crippen LogP contribution in [0.4, 0.5) is 5.82 Å². The first-order valence-corrected chi connectivity index (χ1v) is 5.58. The summed E-state index contributed by atoms with van der Waals surface area (Å²) in [7, 11) is 0. The van der Waals surface area contributed by atoms with E-state index in [9.17, 15) is 0 Å². The van der Waals surface area contributed by atoms with Crippen LogP contribution in [0.2, 0.25) is 0 Å². The van der Waals surface area contributed by atoms with Gasteiger partial charge in [-0.05, 0) is 38.8 Å². The van der Waals surface area contributed by atoms with E-state index in [1.807, 2.05) is 6.92 Å². The maximum Gasteiger partial charge on any atom is 0.147 e. The summed E-state index contributed by atoms with van der Waals surface area (Å²) in [5, 5.41) is 6.75. The van der Waals surface area contributed by atoms with Crippen LogP contribution in [0, 0.1) is 12.8 Å². The predicted molar refractivity (Wildman–Crippen MR) is 60.9 cm³/mol. The summed E-state index contributed by atoms with van der Waals surface area (Å²) in [6.45, 7) is 5.29. The number of aromatic nitrogens is 2. The fraction of sp³-hybridized carbons (Fsp3) is 0.636. The minimum atomic E-state index is 0.771. The second-order valence-corrected chi connectivity index (χ2v) is 4.06. The third-order valence-corrected chi connectivity index (χ3v) is 2.90. The second-order valence-electron chi connectivity index (χ2n) is 4.06. The summed E-state index contributed by atoms with van der Waals surface area (Å²) < 4.78 is 0. The zero-order valence-corrected chi connectivity index (χ0v) is 9.16. The van der Waals surface area contributed by atoms with Crippen LogP contribution >= 0.6 is 0 Å². The topological polar surface area (TPSA) is 49.8 Å². The molecule has 1 aromatic heterocycles. The highest BCUT2D eigenvalue weighted by Crippen LogP contribution is 2.13. The van der Waals surface area contributed by atoms with Gasteiger partial charge < -0.3 is 10.6 Å². The molecule has 15 heavy (non-hydrogen) atoms. The summed E-state index contributed by atoms with van der Waals surface area (Å²) >= 11 is 0. The summed E-state index contributed by atoms with van der Waals surface area (Å²) in [5.41, 5.74) is 0.978. The van der Waals surface area contributed by atoms with Crippen molar-refractivity contribution < 1.29 is 0 Å². The molecule has 0 amide bonds. The van der Waals surface area contributed by atoms with E-state index in [4.69, 9.17) is 0 Å². The van der Waals surface area contributed by atoms with E-state index >= 15 is 0 Å². The lowest BCUT2D eigenvalue weighted by molar-refractivity contribution is 0.389. The van der Waals surface area contributed by atoms with E-state index in [-0.39, 0.29) is 0 Å². The second kappa shape index (κ2) is 5.07. The van der Waals surface area contributed by atoms with Crippen molar-refractivity contribution in [3.8, 4) is 0 Å². The molecule has 0 atom stereocenters. The van der Waals surface area contributed by atoms with Crippen molar-refractivity contribution in [2.75, 3.05) is 25.0 Å². The molecule has 2 N–H and O–H groups in total. The van der Waals surface area contributed by atoms with Gasteiger partial charge in [-0.15, -0.1) is 0 Å². The first kappa shape index (κ1) is 10.4. The Hall–Kier alpha value is -1.16. The molecule has 0 aromatic carbocycles. The Labute approximate surface area is 90.5 Å². The van der Waals surface area contributed by atoms with Crippen LogP contribution in [0.1, 0.15) is 18.5 Å². The summed E-state index contributed by atoms with van der Waals surface area (Å²) in [6.07, 6.45) is 5.97. The number of hydrogen-bond donors (Lipinski definition) is 2. The number of anilines is 1. The van der Waals surface area contributed by atoms with Gasteiger partial charge in [0.15, 0.2) is 0 Å². The molecule has 2 heterocycles. The van der Waals surface area contributed by atoms with E-state index in [1.165, 1.54) is 12.8 Å². The minimum Gasteiger partial charge on any atom is -0.368 e. The summed E-state index contributed by atoms with van der Waals surface area (Å²) in [4.78, 5) is 8.48. The van der Waals surface area contributed by atoms with Gasteiger partial charge in [-0.2, -0.15) is 0 Å². The van der Waals surface area contributed by atoms with Crippen LogP contribution in [0.5, 0.6) is 0 Å². The van der Waals surface area contributed by atoms with Crippen LogP contribution in [-0.4, -0.2) is 29.6 Å². The molecule has 1 fully saturated rings. The van der Waals surface area contributed by atoms with Crippen molar-refractivity contribution >= 4 is 5.82 Å². The highest BCUT2D eigenvalue weighted by Gasteiger charge is 2.12. The molecule has 4 heteroatoms. The number of aryl methyl sites for hydroxylation is 1. The monoisotopic (exact) mass is 206 g/mol. The molecular weight excluding hydrogens is 188 g/mol. The molecule has 82 valence electrons. The smallest absolute Gasteiger partial charge is 0.147 e. The van der Waals surface area contributed by atoms with E-state index < -0.39 is 0 Å².